The van der Waals surface area contributed by atoms with Gasteiger partial charge in [0, 0.05) is 28.6 Å². The average molecular weight is 416 g/mol. The van der Waals surface area contributed by atoms with E-state index in [0.29, 0.717) is 17.3 Å². The number of rotatable bonds is 5. The van der Waals surface area contributed by atoms with Crippen LogP contribution in [0.1, 0.15) is 29.0 Å². The summed E-state index contributed by atoms with van der Waals surface area (Å²) in [5.41, 5.74) is 3.64. The van der Waals surface area contributed by atoms with Gasteiger partial charge in [-0.2, -0.15) is 0 Å². The van der Waals surface area contributed by atoms with E-state index in [1.54, 1.807) is 18.3 Å². The number of pyridine rings is 1. The second-order valence-electron chi connectivity index (χ2n) is 5.63. The number of benzene rings is 2. The molecule has 5 heteroatoms. The number of aromatic nitrogens is 1. The Kier molecular flexibility index (Phi) is 5.84. The highest BCUT2D eigenvalue weighted by atomic mass is 79.9. The minimum Gasteiger partial charge on any atom is -0.411 e. The zero-order chi connectivity index (χ0) is 17.6. The summed E-state index contributed by atoms with van der Waals surface area (Å²) >= 11 is 9.46. The maximum absolute atomic E-state index is 9.57. The van der Waals surface area contributed by atoms with Gasteiger partial charge in [-0.3, -0.25) is 0 Å². The Balaban J connectivity index is 1.98. The van der Waals surface area contributed by atoms with E-state index in [-0.39, 0.29) is 5.92 Å². The number of oxime groups is 1. The van der Waals surface area contributed by atoms with Gasteiger partial charge in [0.1, 0.15) is 5.15 Å². The van der Waals surface area contributed by atoms with E-state index < -0.39 is 0 Å². The maximum atomic E-state index is 9.57. The van der Waals surface area contributed by atoms with E-state index in [4.69, 9.17) is 11.6 Å². The number of halogens is 2. The summed E-state index contributed by atoms with van der Waals surface area (Å²) in [6, 6.07) is 21.9. The lowest BCUT2D eigenvalue weighted by Crippen LogP contribution is -2.10. The van der Waals surface area contributed by atoms with Gasteiger partial charge in [0.05, 0.1) is 5.71 Å². The van der Waals surface area contributed by atoms with E-state index in [1.807, 2.05) is 30.3 Å². The fourth-order valence-electron chi connectivity index (χ4n) is 2.80. The van der Waals surface area contributed by atoms with Crippen molar-refractivity contribution in [1.29, 1.82) is 0 Å². The molecule has 0 aliphatic heterocycles. The van der Waals surface area contributed by atoms with Crippen LogP contribution in [-0.4, -0.2) is 15.9 Å². The first-order valence-corrected chi connectivity index (χ1v) is 8.97. The van der Waals surface area contributed by atoms with E-state index in [2.05, 4.69) is 50.3 Å². The molecule has 126 valence electrons. The minimum absolute atomic E-state index is 0.0622. The fourth-order valence-corrected chi connectivity index (χ4v) is 3.24. The molecule has 0 aliphatic rings. The second-order valence-corrected chi connectivity index (χ2v) is 6.94. The highest BCUT2D eigenvalue weighted by Crippen LogP contribution is 2.30. The van der Waals surface area contributed by atoms with Crippen molar-refractivity contribution in [2.24, 2.45) is 5.16 Å². The number of nitrogens with zero attached hydrogens (tertiary/aromatic N) is 2. The SMILES string of the molecule is O/N=C(\CC(c1ccccc1)c1ccc(Br)cc1)c1ccnc(Cl)c1. The van der Waals surface area contributed by atoms with Crippen LogP contribution in [0, 0.1) is 0 Å². The summed E-state index contributed by atoms with van der Waals surface area (Å²) in [4.78, 5) is 3.99. The molecule has 3 rings (SSSR count). The Bertz CT molecular complexity index is 866. The van der Waals surface area contributed by atoms with Crippen molar-refractivity contribution in [3.05, 3.63) is 99.2 Å². The predicted molar refractivity (Wildman–Crippen MR) is 105 cm³/mol. The van der Waals surface area contributed by atoms with E-state index in [0.717, 1.165) is 21.2 Å². The molecule has 0 fully saturated rings. The van der Waals surface area contributed by atoms with Crippen LogP contribution in [0.25, 0.3) is 0 Å². The van der Waals surface area contributed by atoms with Crippen LogP contribution < -0.4 is 0 Å². The molecule has 1 atom stereocenters. The van der Waals surface area contributed by atoms with E-state index >= 15 is 0 Å². The molecule has 3 aromatic rings. The molecule has 0 saturated carbocycles. The van der Waals surface area contributed by atoms with Gasteiger partial charge < -0.3 is 5.21 Å². The van der Waals surface area contributed by atoms with Gasteiger partial charge in [0.15, 0.2) is 0 Å². The Hall–Kier alpha value is -2.17. The lowest BCUT2D eigenvalue weighted by Gasteiger charge is -2.19. The van der Waals surface area contributed by atoms with Crippen LogP contribution in [-0.2, 0) is 0 Å². The standard InChI is InChI=1S/C20H16BrClN2O/c21-17-8-6-15(7-9-17)18(14-4-2-1-3-5-14)13-19(24-25)16-10-11-23-20(22)12-16/h1-12,18,25H,13H2/b24-19+. The summed E-state index contributed by atoms with van der Waals surface area (Å²) in [6.45, 7) is 0. The molecule has 1 N–H and O–H groups in total. The topological polar surface area (TPSA) is 45.5 Å². The molecule has 0 aliphatic carbocycles. The van der Waals surface area contributed by atoms with Crippen molar-refractivity contribution < 1.29 is 5.21 Å². The predicted octanol–water partition coefficient (Wildman–Crippen LogP) is 5.90. The third-order valence-corrected chi connectivity index (χ3v) is 4.79. The van der Waals surface area contributed by atoms with Crippen molar-refractivity contribution in [2.45, 2.75) is 12.3 Å². The van der Waals surface area contributed by atoms with Crippen LogP contribution >= 0.6 is 27.5 Å². The molecule has 2 aromatic carbocycles. The molecule has 25 heavy (non-hydrogen) atoms. The van der Waals surface area contributed by atoms with Crippen LogP contribution in [0.4, 0.5) is 0 Å². The van der Waals surface area contributed by atoms with E-state index in [9.17, 15) is 5.21 Å². The highest BCUT2D eigenvalue weighted by molar-refractivity contribution is 9.10. The van der Waals surface area contributed by atoms with Crippen molar-refractivity contribution in [3.63, 3.8) is 0 Å². The molecule has 0 amide bonds. The molecule has 3 nitrogen and oxygen atoms in total. The molecule has 1 aromatic heterocycles. The summed E-state index contributed by atoms with van der Waals surface area (Å²) < 4.78 is 1.03. The number of hydrogen-bond donors (Lipinski definition) is 1. The van der Waals surface area contributed by atoms with Gasteiger partial charge >= 0.3 is 0 Å². The third-order valence-electron chi connectivity index (χ3n) is 4.05. The van der Waals surface area contributed by atoms with Crippen LogP contribution in [0.5, 0.6) is 0 Å². The first kappa shape index (κ1) is 17.6. The average Bonchev–Trinajstić information content (AvgIpc) is 2.64. The van der Waals surface area contributed by atoms with Gasteiger partial charge in [-0.05, 0) is 35.4 Å². The molecule has 1 unspecified atom stereocenters. The first-order valence-electron chi connectivity index (χ1n) is 7.80. The minimum atomic E-state index is 0.0622. The second kappa shape index (κ2) is 8.28. The lowest BCUT2D eigenvalue weighted by molar-refractivity contribution is 0.317. The molecule has 0 radical (unpaired) electrons. The normalized spacial score (nSPS) is 12.8. The molecule has 0 saturated heterocycles. The fraction of sp³-hybridized carbons (Fsp3) is 0.100. The zero-order valence-electron chi connectivity index (χ0n) is 13.3. The van der Waals surface area contributed by atoms with Crippen LogP contribution in [0.2, 0.25) is 5.15 Å². The zero-order valence-corrected chi connectivity index (χ0v) is 15.7. The highest BCUT2D eigenvalue weighted by Gasteiger charge is 2.19. The van der Waals surface area contributed by atoms with Gasteiger partial charge in [-0.15, -0.1) is 0 Å². The Morgan fingerprint density at radius 2 is 1.72 bits per heavy atom. The largest absolute Gasteiger partial charge is 0.411 e. The Morgan fingerprint density at radius 3 is 2.36 bits per heavy atom. The molecule has 0 spiro atoms. The summed E-state index contributed by atoms with van der Waals surface area (Å²) in [5, 5.41) is 13.5. The van der Waals surface area contributed by atoms with Gasteiger partial charge in [0.2, 0.25) is 0 Å². The van der Waals surface area contributed by atoms with Crippen LogP contribution in [0.15, 0.2) is 82.6 Å². The monoisotopic (exact) mass is 414 g/mol. The van der Waals surface area contributed by atoms with Gasteiger partial charge in [-0.1, -0.05) is 75.2 Å². The van der Waals surface area contributed by atoms with Crippen molar-refractivity contribution in [2.75, 3.05) is 0 Å². The quantitative estimate of drug-likeness (QED) is 0.244. The Morgan fingerprint density at radius 1 is 1.04 bits per heavy atom. The van der Waals surface area contributed by atoms with Crippen LogP contribution in [0.3, 0.4) is 0 Å². The Labute approximate surface area is 160 Å². The molecular formula is C20H16BrClN2O. The van der Waals surface area contributed by atoms with E-state index in [1.165, 1.54) is 0 Å². The van der Waals surface area contributed by atoms with Gasteiger partial charge in [0.25, 0.3) is 0 Å². The molecule has 1 heterocycles. The summed E-state index contributed by atoms with van der Waals surface area (Å²) in [7, 11) is 0. The number of hydrogen-bond acceptors (Lipinski definition) is 3. The van der Waals surface area contributed by atoms with Crippen molar-refractivity contribution in [3.8, 4) is 0 Å². The third kappa shape index (κ3) is 4.47. The molecular weight excluding hydrogens is 400 g/mol. The summed E-state index contributed by atoms with van der Waals surface area (Å²) in [6.07, 6.45) is 2.16. The van der Waals surface area contributed by atoms with Gasteiger partial charge in [-0.25, -0.2) is 4.98 Å². The first-order chi connectivity index (χ1) is 12.2. The maximum Gasteiger partial charge on any atom is 0.129 e. The van der Waals surface area contributed by atoms with Crippen molar-refractivity contribution >= 4 is 33.2 Å². The summed E-state index contributed by atoms with van der Waals surface area (Å²) in [5.74, 6) is 0.0622. The lowest BCUT2D eigenvalue weighted by atomic mass is 9.85. The van der Waals surface area contributed by atoms with Crippen molar-refractivity contribution in [1.82, 2.24) is 4.98 Å². The molecule has 0 bridgehead atoms. The smallest absolute Gasteiger partial charge is 0.129 e.